The molecule has 0 aromatic heterocycles. The lowest BCUT2D eigenvalue weighted by atomic mass is 9.96. The third-order valence-electron chi connectivity index (χ3n) is 4.58. The molecule has 0 aliphatic heterocycles. The zero-order valence-corrected chi connectivity index (χ0v) is 17.5. The Balaban J connectivity index is 1.98. The average Bonchev–Trinajstić information content (AvgIpc) is 2.69. The van der Waals surface area contributed by atoms with Crippen molar-refractivity contribution in [3.63, 3.8) is 0 Å². The highest BCUT2D eigenvalue weighted by atomic mass is 16.6. The van der Waals surface area contributed by atoms with Crippen LogP contribution in [0.5, 0.6) is 0 Å². The van der Waals surface area contributed by atoms with E-state index in [0.29, 0.717) is 5.56 Å². The molecular weight excluding hydrogens is 382 g/mol. The molecule has 0 radical (unpaired) electrons. The minimum absolute atomic E-state index is 0.321. The summed E-state index contributed by atoms with van der Waals surface area (Å²) in [6.07, 6.45) is -0.321. The summed E-state index contributed by atoms with van der Waals surface area (Å²) in [7, 11) is 1.21. The molecule has 0 fully saturated rings. The van der Waals surface area contributed by atoms with E-state index in [1.165, 1.54) is 7.11 Å². The van der Waals surface area contributed by atoms with Crippen LogP contribution in [0.25, 0.3) is 21.5 Å². The molecule has 6 nitrogen and oxygen atoms in total. The van der Waals surface area contributed by atoms with Gasteiger partial charge >= 0.3 is 11.9 Å². The largest absolute Gasteiger partial charge is 0.467 e. The number of rotatable bonds is 5. The van der Waals surface area contributed by atoms with Crippen LogP contribution in [0.4, 0.5) is 0 Å². The van der Waals surface area contributed by atoms with Crippen molar-refractivity contribution >= 4 is 39.4 Å². The Kier molecular flexibility index (Phi) is 6.06. The lowest BCUT2D eigenvalue weighted by molar-refractivity contribution is -0.158. The van der Waals surface area contributed by atoms with Crippen molar-refractivity contribution in [2.75, 3.05) is 7.11 Å². The van der Waals surface area contributed by atoms with Gasteiger partial charge in [-0.2, -0.15) is 0 Å². The Morgan fingerprint density at radius 1 is 0.933 bits per heavy atom. The summed E-state index contributed by atoms with van der Waals surface area (Å²) < 4.78 is 10.1. The quantitative estimate of drug-likeness (QED) is 0.511. The molecule has 30 heavy (non-hydrogen) atoms. The number of nitrogens with one attached hydrogen (secondary N) is 1. The molecule has 3 aromatic rings. The smallest absolute Gasteiger partial charge is 0.328 e. The number of hydrogen-bond acceptors (Lipinski definition) is 5. The highest BCUT2D eigenvalue weighted by molar-refractivity contribution is 6.18. The minimum Gasteiger partial charge on any atom is -0.467 e. The molecule has 6 heteroatoms. The number of amides is 1. The van der Waals surface area contributed by atoms with E-state index < -0.39 is 29.5 Å². The molecule has 0 saturated carbocycles. The average molecular weight is 407 g/mol. The number of carbonyl (C=O) groups is 3. The van der Waals surface area contributed by atoms with Crippen LogP contribution in [0.2, 0.25) is 0 Å². The highest BCUT2D eigenvalue weighted by Gasteiger charge is 2.29. The third-order valence-corrected chi connectivity index (χ3v) is 4.58. The Morgan fingerprint density at radius 2 is 1.47 bits per heavy atom. The van der Waals surface area contributed by atoms with Crippen molar-refractivity contribution in [1.82, 2.24) is 5.32 Å². The van der Waals surface area contributed by atoms with Crippen LogP contribution in [0.3, 0.4) is 0 Å². The Bertz CT molecular complexity index is 1060. The van der Waals surface area contributed by atoms with Gasteiger partial charge in [-0.05, 0) is 48.4 Å². The van der Waals surface area contributed by atoms with Gasteiger partial charge in [-0.15, -0.1) is 0 Å². The van der Waals surface area contributed by atoms with E-state index in [1.54, 1.807) is 20.8 Å². The maximum Gasteiger partial charge on any atom is 0.328 e. The molecule has 1 atom stereocenters. The molecule has 0 aliphatic rings. The van der Waals surface area contributed by atoms with Crippen molar-refractivity contribution in [2.45, 2.75) is 38.8 Å². The summed E-state index contributed by atoms with van der Waals surface area (Å²) in [5, 5.41) is 6.00. The first-order valence-electron chi connectivity index (χ1n) is 9.70. The van der Waals surface area contributed by atoms with Gasteiger partial charge in [0.2, 0.25) is 0 Å². The number of esters is 2. The lowest BCUT2D eigenvalue weighted by Crippen LogP contribution is -2.44. The van der Waals surface area contributed by atoms with Gasteiger partial charge in [-0.25, -0.2) is 4.79 Å². The zero-order chi connectivity index (χ0) is 21.9. The molecule has 0 aliphatic carbocycles. The van der Waals surface area contributed by atoms with Gasteiger partial charge in [0.05, 0.1) is 19.1 Å². The lowest BCUT2D eigenvalue weighted by Gasteiger charge is -2.22. The van der Waals surface area contributed by atoms with E-state index in [2.05, 4.69) is 5.32 Å². The van der Waals surface area contributed by atoms with E-state index in [1.807, 2.05) is 54.6 Å². The molecule has 0 bridgehead atoms. The summed E-state index contributed by atoms with van der Waals surface area (Å²) in [6, 6.07) is 15.9. The van der Waals surface area contributed by atoms with Crippen LogP contribution in [-0.2, 0) is 19.1 Å². The second-order valence-electron chi connectivity index (χ2n) is 8.03. The van der Waals surface area contributed by atoms with Crippen molar-refractivity contribution < 1.29 is 23.9 Å². The van der Waals surface area contributed by atoms with Crippen molar-refractivity contribution in [3.05, 3.63) is 60.2 Å². The zero-order valence-electron chi connectivity index (χ0n) is 17.5. The van der Waals surface area contributed by atoms with Crippen LogP contribution in [0, 0.1) is 0 Å². The highest BCUT2D eigenvalue weighted by Crippen LogP contribution is 2.28. The number of benzene rings is 3. The van der Waals surface area contributed by atoms with Gasteiger partial charge in [0.1, 0.15) is 11.6 Å². The topological polar surface area (TPSA) is 81.7 Å². The fourth-order valence-corrected chi connectivity index (χ4v) is 3.37. The first kappa shape index (κ1) is 21.3. The summed E-state index contributed by atoms with van der Waals surface area (Å²) in [5.41, 5.74) is -0.255. The van der Waals surface area contributed by atoms with E-state index in [-0.39, 0.29) is 6.42 Å². The van der Waals surface area contributed by atoms with Crippen LogP contribution in [-0.4, -0.2) is 36.6 Å². The fraction of sp³-hybridized carbons (Fsp3) is 0.292. The van der Waals surface area contributed by atoms with Crippen LogP contribution >= 0.6 is 0 Å². The molecule has 0 unspecified atom stereocenters. The minimum atomic E-state index is -1.16. The van der Waals surface area contributed by atoms with Crippen molar-refractivity contribution in [1.29, 1.82) is 0 Å². The monoisotopic (exact) mass is 407 g/mol. The molecule has 0 heterocycles. The first-order valence-corrected chi connectivity index (χ1v) is 9.70. The first-order chi connectivity index (χ1) is 14.2. The molecular formula is C24H25NO5. The second-order valence-corrected chi connectivity index (χ2v) is 8.03. The van der Waals surface area contributed by atoms with Crippen LogP contribution < -0.4 is 5.32 Å². The van der Waals surface area contributed by atoms with Gasteiger partial charge < -0.3 is 14.8 Å². The molecule has 0 saturated heterocycles. The fourth-order valence-electron chi connectivity index (χ4n) is 3.37. The normalized spacial score (nSPS) is 12.4. The van der Waals surface area contributed by atoms with Crippen LogP contribution in [0.1, 0.15) is 37.6 Å². The number of hydrogen-bond donors (Lipinski definition) is 1. The van der Waals surface area contributed by atoms with Gasteiger partial charge in [-0.3, -0.25) is 9.59 Å². The van der Waals surface area contributed by atoms with Crippen molar-refractivity contribution in [2.24, 2.45) is 0 Å². The van der Waals surface area contributed by atoms with Gasteiger partial charge in [-0.1, -0.05) is 48.5 Å². The molecule has 0 spiro atoms. The van der Waals surface area contributed by atoms with E-state index in [4.69, 9.17) is 9.47 Å². The third kappa shape index (κ3) is 4.76. The number of methoxy groups -OCH3 is 1. The molecule has 3 aromatic carbocycles. The predicted molar refractivity (Wildman–Crippen MR) is 115 cm³/mol. The number of carbonyl (C=O) groups excluding carboxylic acids is 3. The molecule has 1 amide bonds. The SMILES string of the molecule is COC(=O)[C@@H](CC(=O)OC(C)(C)C)NC(=O)c1c2ccccc2cc2ccccc12. The predicted octanol–water partition coefficient (Wildman–Crippen LogP) is 4.00. The Hall–Kier alpha value is -3.41. The summed E-state index contributed by atoms with van der Waals surface area (Å²) in [6.45, 7) is 5.20. The Morgan fingerprint density at radius 3 is 1.97 bits per heavy atom. The van der Waals surface area contributed by atoms with E-state index >= 15 is 0 Å². The van der Waals surface area contributed by atoms with Gasteiger partial charge in [0.15, 0.2) is 0 Å². The standard InChI is InChI=1S/C24H25NO5/c1-24(2,3)30-20(26)14-19(23(28)29-4)25-22(27)21-17-11-7-5-9-15(17)13-16-10-6-8-12-18(16)21/h5-13,19H,14H2,1-4H3,(H,25,27)/t19-/m1/s1. The summed E-state index contributed by atoms with van der Waals surface area (Å²) >= 11 is 0. The summed E-state index contributed by atoms with van der Waals surface area (Å²) in [5.74, 6) is -1.76. The van der Waals surface area contributed by atoms with Crippen LogP contribution in [0.15, 0.2) is 54.6 Å². The van der Waals surface area contributed by atoms with Gasteiger partial charge in [0.25, 0.3) is 5.91 Å². The van der Waals surface area contributed by atoms with Gasteiger partial charge in [0, 0.05) is 0 Å². The molecule has 1 N–H and O–H groups in total. The Labute approximate surface area is 175 Å². The summed E-state index contributed by atoms with van der Waals surface area (Å²) in [4.78, 5) is 37.8. The van der Waals surface area contributed by atoms with E-state index in [9.17, 15) is 14.4 Å². The van der Waals surface area contributed by atoms with Crippen molar-refractivity contribution in [3.8, 4) is 0 Å². The maximum absolute atomic E-state index is 13.3. The number of ether oxygens (including phenoxy) is 2. The van der Waals surface area contributed by atoms with E-state index in [0.717, 1.165) is 21.5 Å². The number of fused-ring (bicyclic) bond motifs is 2. The molecule has 156 valence electrons. The molecule has 3 rings (SSSR count). The second kappa shape index (κ2) is 8.53. The maximum atomic E-state index is 13.3.